The molecule has 1 aromatic heterocycles. The highest BCUT2D eigenvalue weighted by Crippen LogP contribution is 2.32. The smallest absolute Gasteiger partial charge is 0.295 e. The van der Waals surface area contributed by atoms with Gasteiger partial charge in [-0.3, -0.25) is 15.1 Å². The van der Waals surface area contributed by atoms with Gasteiger partial charge in [-0.25, -0.2) is 0 Å². The Hall–Kier alpha value is -1.74. The average Bonchev–Trinajstić information content (AvgIpc) is 2.38. The first kappa shape index (κ1) is 12.7. The van der Waals surface area contributed by atoms with E-state index in [1.54, 1.807) is 18.2 Å². The zero-order valence-electron chi connectivity index (χ0n) is 8.99. The molecular weight excluding hydrogens is 349 g/mol. The van der Waals surface area contributed by atoms with E-state index in [2.05, 4.69) is 27.6 Å². The molecule has 0 bridgehead atoms. The van der Waals surface area contributed by atoms with Gasteiger partial charge in [-0.1, -0.05) is 6.07 Å². The number of aromatic nitrogens is 1. The number of nitrogens with zero attached hydrogens (tertiary/aromatic N) is 3. The predicted octanol–water partition coefficient (Wildman–Crippen LogP) is 3.23. The first-order chi connectivity index (χ1) is 8.59. The van der Waals surface area contributed by atoms with Crippen LogP contribution in [-0.2, 0) is 0 Å². The van der Waals surface area contributed by atoms with Crippen LogP contribution < -0.4 is 5.06 Å². The SMILES string of the molecule is O=[N+]([O-])c1ccncc1N([O-])c1cccc(I)c1. The molecule has 1 aromatic carbocycles. The average molecular weight is 356 g/mol. The van der Waals surface area contributed by atoms with Gasteiger partial charge in [-0.05, 0) is 40.8 Å². The summed E-state index contributed by atoms with van der Waals surface area (Å²) in [6, 6.07) is 7.98. The number of halogens is 1. The van der Waals surface area contributed by atoms with Gasteiger partial charge in [0.15, 0.2) is 0 Å². The zero-order chi connectivity index (χ0) is 13.1. The van der Waals surface area contributed by atoms with E-state index in [1.165, 1.54) is 18.5 Å². The van der Waals surface area contributed by atoms with E-state index in [-0.39, 0.29) is 11.4 Å². The van der Waals surface area contributed by atoms with Crippen molar-refractivity contribution in [1.82, 2.24) is 4.98 Å². The van der Waals surface area contributed by atoms with Crippen molar-refractivity contribution < 1.29 is 4.92 Å². The van der Waals surface area contributed by atoms with Crippen molar-refractivity contribution in [1.29, 1.82) is 0 Å². The summed E-state index contributed by atoms with van der Waals surface area (Å²) < 4.78 is 0.873. The normalized spacial score (nSPS) is 10.1. The minimum atomic E-state index is -0.601. The van der Waals surface area contributed by atoms with Gasteiger partial charge < -0.3 is 10.3 Å². The molecule has 0 aliphatic carbocycles. The lowest BCUT2D eigenvalue weighted by Gasteiger charge is -2.29. The third-order valence-corrected chi connectivity index (χ3v) is 2.91. The van der Waals surface area contributed by atoms with Crippen LogP contribution in [0.25, 0.3) is 0 Å². The summed E-state index contributed by atoms with van der Waals surface area (Å²) in [6.45, 7) is 0. The second-order valence-corrected chi connectivity index (χ2v) is 4.64. The Morgan fingerprint density at radius 2 is 2.11 bits per heavy atom. The van der Waals surface area contributed by atoms with E-state index in [4.69, 9.17) is 0 Å². The molecular formula is C11H7IN3O3-. The van der Waals surface area contributed by atoms with Crippen LogP contribution in [0.4, 0.5) is 17.1 Å². The van der Waals surface area contributed by atoms with E-state index in [9.17, 15) is 15.3 Å². The molecule has 0 spiro atoms. The molecule has 6 nitrogen and oxygen atoms in total. The standard InChI is InChI=1S/C11H7IN3O3/c12-8-2-1-3-9(6-8)14(16)11-7-13-5-4-10(11)15(17)18/h1-7H/q-1. The molecule has 0 radical (unpaired) electrons. The van der Waals surface area contributed by atoms with Crippen LogP contribution in [0.5, 0.6) is 0 Å². The Morgan fingerprint density at radius 3 is 2.78 bits per heavy atom. The van der Waals surface area contributed by atoms with E-state index < -0.39 is 4.92 Å². The molecule has 2 aromatic rings. The van der Waals surface area contributed by atoms with Crippen LogP contribution in [0.2, 0.25) is 0 Å². The lowest BCUT2D eigenvalue weighted by molar-refractivity contribution is -0.384. The van der Waals surface area contributed by atoms with E-state index in [0.29, 0.717) is 10.8 Å². The van der Waals surface area contributed by atoms with Crippen molar-refractivity contribution in [2.45, 2.75) is 0 Å². The molecule has 18 heavy (non-hydrogen) atoms. The van der Waals surface area contributed by atoms with Crippen molar-refractivity contribution in [2.24, 2.45) is 0 Å². The Morgan fingerprint density at radius 1 is 1.33 bits per heavy atom. The fraction of sp³-hybridized carbons (Fsp3) is 0. The van der Waals surface area contributed by atoms with Crippen LogP contribution in [0.15, 0.2) is 42.7 Å². The number of rotatable bonds is 3. The fourth-order valence-electron chi connectivity index (χ4n) is 1.43. The molecule has 0 aliphatic heterocycles. The summed E-state index contributed by atoms with van der Waals surface area (Å²) in [6.07, 6.45) is 2.47. The monoisotopic (exact) mass is 356 g/mol. The quantitative estimate of drug-likeness (QED) is 0.479. The Labute approximate surface area is 116 Å². The van der Waals surface area contributed by atoms with Crippen molar-refractivity contribution in [3.8, 4) is 0 Å². The molecule has 2 rings (SSSR count). The fourth-order valence-corrected chi connectivity index (χ4v) is 1.96. The van der Waals surface area contributed by atoms with Crippen molar-refractivity contribution in [2.75, 3.05) is 5.06 Å². The van der Waals surface area contributed by atoms with Crippen LogP contribution in [0, 0.1) is 18.9 Å². The van der Waals surface area contributed by atoms with E-state index in [1.807, 2.05) is 6.07 Å². The Bertz CT molecular complexity index is 591. The number of anilines is 2. The first-order valence-corrected chi connectivity index (χ1v) is 5.98. The summed E-state index contributed by atoms with van der Waals surface area (Å²) in [4.78, 5) is 14.0. The number of hydrogen-bond donors (Lipinski definition) is 0. The lowest BCUT2D eigenvalue weighted by Crippen LogP contribution is -2.09. The summed E-state index contributed by atoms with van der Waals surface area (Å²) in [5, 5.41) is 23.4. The van der Waals surface area contributed by atoms with Gasteiger partial charge >= 0.3 is 0 Å². The summed E-state index contributed by atoms with van der Waals surface area (Å²) in [5.41, 5.74) is -0.0126. The molecule has 0 N–H and O–H groups in total. The minimum absolute atomic E-state index is 0.0792. The number of pyridine rings is 1. The largest absolute Gasteiger partial charge is 0.754 e. The number of nitro groups is 1. The predicted molar refractivity (Wildman–Crippen MR) is 75.6 cm³/mol. The second-order valence-electron chi connectivity index (χ2n) is 3.40. The highest BCUT2D eigenvalue weighted by Gasteiger charge is 2.15. The molecule has 0 amide bonds. The molecule has 0 aliphatic rings. The maximum Gasteiger partial charge on any atom is 0.295 e. The van der Waals surface area contributed by atoms with Crippen LogP contribution in [0.1, 0.15) is 0 Å². The topological polar surface area (TPSA) is 82.3 Å². The lowest BCUT2D eigenvalue weighted by atomic mass is 10.3. The first-order valence-electron chi connectivity index (χ1n) is 4.91. The van der Waals surface area contributed by atoms with Crippen molar-refractivity contribution in [3.05, 3.63) is 61.6 Å². The van der Waals surface area contributed by atoms with E-state index in [0.717, 1.165) is 3.57 Å². The van der Waals surface area contributed by atoms with Gasteiger partial charge in [0.25, 0.3) is 5.69 Å². The van der Waals surface area contributed by atoms with Crippen molar-refractivity contribution >= 4 is 39.7 Å². The van der Waals surface area contributed by atoms with Gasteiger partial charge in [0.05, 0.1) is 11.1 Å². The summed E-state index contributed by atoms with van der Waals surface area (Å²) in [5.74, 6) is 0. The summed E-state index contributed by atoms with van der Waals surface area (Å²) in [7, 11) is 0. The highest BCUT2D eigenvalue weighted by molar-refractivity contribution is 14.1. The van der Waals surface area contributed by atoms with Crippen molar-refractivity contribution in [3.63, 3.8) is 0 Å². The maximum atomic E-state index is 12.1. The third-order valence-electron chi connectivity index (χ3n) is 2.24. The van der Waals surface area contributed by atoms with Crippen LogP contribution in [-0.4, -0.2) is 9.91 Å². The molecule has 0 atom stereocenters. The van der Waals surface area contributed by atoms with Gasteiger partial charge in [-0.2, -0.15) is 0 Å². The van der Waals surface area contributed by atoms with Crippen LogP contribution >= 0.6 is 22.6 Å². The number of hydrogen-bond acceptors (Lipinski definition) is 5. The Kier molecular flexibility index (Phi) is 3.72. The molecule has 1 heterocycles. The molecule has 7 heteroatoms. The Balaban J connectivity index is 2.46. The molecule has 0 fully saturated rings. The third kappa shape index (κ3) is 2.57. The number of benzene rings is 1. The highest BCUT2D eigenvalue weighted by atomic mass is 127. The second kappa shape index (κ2) is 5.27. The summed E-state index contributed by atoms with van der Waals surface area (Å²) >= 11 is 2.07. The molecule has 0 saturated heterocycles. The van der Waals surface area contributed by atoms with Gasteiger partial charge in [0.2, 0.25) is 0 Å². The zero-order valence-corrected chi connectivity index (χ0v) is 11.1. The van der Waals surface area contributed by atoms with Gasteiger partial charge in [0.1, 0.15) is 5.69 Å². The molecule has 92 valence electrons. The van der Waals surface area contributed by atoms with Crippen LogP contribution in [0.3, 0.4) is 0 Å². The van der Waals surface area contributed by atoms with Gasteiger partial charge in [0, 0.05) is 21.5 Å². The minimum Gasteiger partial charge on any atom is -0.754 e. The molecule has 0 saturated carbocycles. The maximum absolute atomic E-state index is 12.1. The van der Waals surface area contributed by atoms with E-state index >= 15 is 0 Å². The van der Waals surface area contributed by atoms with Gasteiger partial charge in [-0.15, -0.1) is 0 Å². The molecule has 0 unspecified atom stereocenters.